The van der Waals surface area contributed by atoms with Crippen LogP contribution in [-0.2, 0) is 23.7 Å². The fourth-order valence-electron chi connectivity index (χ4n) is 8.08. The van der Waals surface area contributed by atoms with E-state index in [1.54, 1.807) is 13.3 Å². The highest BCUT2D eigenvalue weighted by molar-refractivity contribution is 6.06. The molecule has 6 N–H and O–H groups in total. The number of hydrogen-bond donors (Lipinski definition) is 4. The Morgan fingerprint density at radius 3 is 1.53 bits per heavy atom. The predicted octanol–water partition coefficient (Wildman–Crippen LogP) is 10.3. The fraction of sp³-hybridized carbons (Fsp3) is 0.255. The third-order valence-corrected chi connectivity index (χ3v) is 11.1. The van der Waals surface area contributed by atoms with Gasteiger partial charge in [0.15, 0.2) is 0 Å². The van der Waals surface area contributed by atoms with Gasteiger partial charge >= 0.3 is 6.16 Å². The molecule has 0 saturated carbocycles. The van der Waals surface area contributed by atoms with Gasteiger partial charge in [-0.15, -0.1) is 0 Å². The van der Waals surface area contributed by atoms with Crippen molar-refractivity contribution in [1.82, 2.24) is 30.2 Å². The maximum absolute atomic E-state index is 9.00. The number of aromatic nitrogens is 6. The Morgan fingerprint density at radius 2 is 1.10 bits per heavy atom. The van der Waals surface area contributed by atoms with Crippen LogP contribution in [0.15, 0.2) is 94.2 Å². The molecule has 0 amide bonds. The van der Waals surface area contributed by atoms with Crippen molar-refractivity contribution in [2.75, 3.05) is 47.0 Å². The molecule has 0 aliphatic carbocycles. The number of nitrogens with zero attached hydrogens (tertiary/aromatic N) is 5. The van der Waals surface area contributed by atoms with E-state index < -0.39 is 12.1 Å². The van der Waals surface area contributed by atoms with Crippen molar-refractivity contribution in [3.05, 3.63) is 119 Å². The molecule has 9 aromatic rings. The number of aromatic amines is 1. The van der Waals surface area contributed by atoms with Gasteiger partial charge in [0, 0.05) is 80.8 Å². The molecule has 0 spiro atoms. The largest absolute Gasteiger partial charge is 0.481 e. The van der Waals surface area contributed by atoms with Gasteiger partial charge < -0.3 is 54.3 Å². The second-order valence-corrected chi connectivity index (χ2v) is 15.6. The summed E-state index contributed by atoms with van der Waals surface area (Å²) in [7, 11) is 7.32. The van der Waals surface area contributed by atoms with Crippen molar-refractivity contribution >= 4 is 50.2 Å². The zero-order chi connectivity index (χ0) is 49.4. The van der Waals surface area contributed by atoms with Crippen LogP contribution in [0.25, 0.3) is 77.3 Å². The van der Waals surface area contributed by atoms with E-state index in [9.17, 15) is 0 Å². The molecule has 0 fully saturated rings. The summed E-state index contributed by atoms with van der Waals surface area (Å²) in [4.78, 5) is 25.9. The smallest absolute Gasteiger partial charge is 0.411 e. The number of methoxy groups -OCH3 is 5. The van der Waals surface area contributed by atoms with Gasteiger partial charge in [-0.05, 0) is 123 Å². The van der Waals surface area contributed by atoms with Gasteiger partial charge in [0.2, 0.25) is 0 Å². The number of benzene rings is 4. The lowest BCUT2D eigenvalue weighted by Crippen LogP contribution is -2.37. The SMILES string of the molecule is CC(=O)O.COC(OC)(OC)OC.COc1nc2c(-c3c(C)ccc4ncccc34)cc(-c3c(C)noc3C)cc2[nH]1.Cc1ccc2ncccc2c1-c1cc(-c2c(C)noc2C)cc(N)c1N. The van der Waals surface area contributed by atoms with Crippen LogP contribution in [-0.4, -0.2) is 83.0 Å². The maximum atomic E-state index is 9.00. The highest BCUT2D eigenvalue weighted by Gasteiger charge is 2.29. The molecule has 5 heterocycles. The van der Waals surface area contributed by atoms with E-state index in [0.717, 1.165) is 118 Å². The monoisotopic (exact) mass is 924 g/mol. The fourth-order valence-corrected chi connectivity index (χ4v) is 8.08. The van der Waals surface area contributed by atoms with Crippen LogP contribution in [0.1, 0.15) is 41.0 Å². The number of nitrogens with two attached hydrogens (primary N) is 2. The molecule has 9 rings (SSSR count). The Kier molecular flexibility index (Phi) is 15.6. The van der Waals surface area contributed by atoms with E-state index in [0.29, 0.717) is 17.4 Å². The second kappa shape index (κ2) is 21.3. The second-order valence-electron chi connectivity index (χ2n) is 15.6. The summed E-state index contributed by atoms with van der Waals surface area (Å²) in [6.45, 7) is 13.0. The number of aliphatic carboxylic acids is 1. The molecule has 4 aromatic carbocycles. The summed E-state index contributed by atoms with van der Waals surface area (Å²) in [6.07, 6.45) is 2.27. The number of ether oxygens (including phenoxy) is 5. The van der Waals surface area contributed by atoms with Gasteiger partial charge in [-0.3, -0.25) is 14.8 Å². The van der Waals surface area contributed by atoms with Gasteiger partial charge in [-0.1, -0.05) is 34.6 Å². The molecule has 17 nitrogen and oxygen atoms in total. The van der Waals surface area contributed by atoms with Crippen LogP contribution in [0, 0.1) is 41.5 Å². The molecule has 0 bridgehead atoms. The van der Waals surface area contributed by atoms with Gasteiger partial charge in [0.25, 0.3) is 12.0 Å². The Bertz CT molecular complexity index is 3170. The van der Waals surface area contributed by atoms with Gasteiger partial charge in [0.05, 0.1) is 46.4 Å². The van der Waals surface area contributed by atoms with Gasteiger partial charge in [-0.25, -0.2) is 0 Å². The van der Waals surface area contributed by atoms with Crippen LogP contribution < -0.4 is 16.2 Å². The Balaban J connectivity index is 0.000000179. The molecule has 68 heavy (non-hydrogen) atoms. The number of fused-ring (bicyclic) bond motifs is 3. The molecule has 17 heteroatoms. The minimum Gasteiger partial charge on any atom is -0.481 e. The van der Waals surface area contributed by atoms with Crippen molar-refractivity contribution in [2.45, 2.75) is 54.6 Å². The minimum absolute atomic E-state index is 0.480. The van der Waals surface area contributed by atoms with E-state index in [4.69, 9.17) is 54.1 Å². The van der Waals surface area contributed by atoms with Crippen LogP contribution in [0.3, 0.4) is 0 Å². The van der Waals surface area contributed by atoms with Crippen molar-refractivity contribution in [3.8, 4) is 50.5 Å². The normalized spacial score (nSPS) is 11.1. The topological polar surface area (TPSA) is 242 Å². The summed E-state index contributed by atoms with van der Waals surface area (Å²) in [6, 6.07) is 24.9. The molecular weight excluding hydrogens is 869 g/mol. The number of rotatable bonds is 9. The van der Waals surface area contributed by atoms with Crippen LogP contribution in [0.2, 0.25) is 0 Å². The Hall–Kier alpha value is -7.70. The lowest BCUT2D eigenvalue weighted by Gasteiger charge is -2.25. The lowest BCUT2D eigenvalue weighted by atomic mass is 9.91. The maximum Gasteiger partial charge on any atom is 0.411 e. The first-order valence-corrected chi connectivity index (χ1v) is 21.2. The average molecular weight is 925 g/mol. The number of H-pyrrole nitrogens is 1. The minimum atomic E-state index is -1.33. The van der Waals surface area contributed by atoms with E-state index in [-0.39, 0.29) is 0 Å². The first kappa shape index (κ1) is 49.7. The number of imidazole rings is 1. The average Bonchev–Trinajstić information content (AvgIpc) is 4.02. The van der Waals surface area contributed by atoms with Gasteiger partial charge in [0.1, 0.15) is 17.0 Å². The first-order chi connectivity index (χ1) is 32.5. The van der Waals surface area contributed by atoms with E-state index in [1.807, 2.05) is 58.2 Å². The van der Waals surface area contributed by atoms with E-state index in [2.05, 4.69) is 92.6 Å². The molecule has 5 aromatic heterocycles. The van der Waals surface area contributed by atoms with Crippen molar-refractivity contribution in [2.24, 2.45) is 0 Å². The zero-order valence-corrected chi connectivity index (χ0v) is 40.2. The summed E-state index contributed by atoms with van der Waals surface area (Å²) >= 11 is 0. The van der Waals surface area contributed by atoms with Crippen molar-refractivity contribution < 1.29 is 42.6 Å². The third-order valence-electron chi connectivity index (χ3n) is 11.1. The number of pyridine rings is 2. The predicted molar refractivity (Wildman–Crippen MR) is 263 cm³/mol. The highest BCUT2D eigenvalue weighted by atomic mass is 17.0. The number of nitrogen functional groups attached to an aromatic ring is 2. The first-order valence-electron chi connectivity index (χ1n) is 21.2. The number of nitrogens with one attached hydrogen (secondary N) is 1. The van der Waals surface area contributed by atoms with E-state index >= 15 is 0 Å². The summed E-state index contributed by atoms with van der Waals surface area (Å²) in [5.41, 5.74) is 29.4. The highest BCUT2D eigenvalue weighted by Crippen LogP contribution is 2.42. The molecular formula is C51H56N8O9. The Morgan fingerprint density at radius 1 is 0.647 bits per heavy atom. The van der Waals surface area contributed by atoms with Crippen molar-refractivity contribution in [1.29, 1.82) is 0 Å². The molecule has 0 radical (unpaired) electrons. The Labute approximate surface area is 393 Å². The molecule has 0 saturated heterocycles. The van der Waals surface area contributed by atoms with Crippen LogP contribution in [0.5, 0.6) is 6.01 Å². The molecule has 0 atom stereocenters. The quantitative estimate of drug-likeness (QED) is 0.0777. The molecule has 0 aliphatic heterocycles. The molecule has 0 aliphatic rings. The summed E-state index contributed by atoms with van der Waals surface area (Å²) in [5.74, 6) is 0.713. The number of hydrogen-bond acceptors (Lipinski definition) is 15. The number of aryl methyl sites for hydroxylation is 6. The number of carbonyl (C=O) groups is 1. The number of carboxylic acid groups (broad SMARTS) is 1. The molecule has 0 unspecified atom stereocenters. The summed E-state index contributed by atoms with van der Waals surface area (Å²) < 4.78 is 35.0. The van der Waals surface area contributed by atoms with Crippen LogP contribution >= 0.6 is 0 Å². The number of carboxylic acids is 1. The van der Waals surface area contributed by atoms with E-state index in [1.165, 1.54) is 28.4 Å². The molecule has 354 valence electrons. The third kappa shape index (κ3) is 10.3. The van der Waals surface area contributed by atoms with Crippen LogP contribution in [0.4, 0.5) is 11.4 Å². The van der Waals surface area contributed by atoms with Gasteiger partial charge in [-0.2, -0.15) is 4.98 Å². The standard InChI is InChI=1S/C23H20N4O2.C21H20N4O.C5H12O4.C2H4O2/c1-12-7-8-18-16(6-5-9-24-18)20(12)17-10-15(21-13(2)27-29-14(21)3)11-19-22(17)26-23(25-19)28-4;1-11-6-7-18-15(5-4-8-24-18)19(11)16-9-14(10-17(22)21(16)23)20-12(2)25-26-13(20)3;1-6-5(7-2,8-3)9-4;1-2(3)4/h5-11H,1-4H3,(H,25,26);4-10H,22-23H2,1-3H3;1-4H3;1H3,(H,3,4). The zero-order valence-electron chi connectivity index (χ0n) is 40.2. The lowest BCUT2D eigenvalue weighted by molar-refractivity contribution is -0.472. The summed E-state index contributed by atoms with van der Waals surface area (Å²) in [5, 5.41) is 17.7. The van der Waals surface area contributed by atoms with Crippen molar-refractivity contribution in [3.63, 3.8) is 0 Å². The number of anilines is 2.